The molecule has 2 aliphatic rings. The number of benzene rings is 2. The molecule has 0 atom stereocenters. The summed E-state index contributed by atoms with van der Waals surface area (Å²) in [6, 6.07) is 9.78. The van der Waals surface area contributed by atoms with Crippen molar-refractivity contribution in [2.75, 3.05) is 13.6 Å². The van der Waals surface area contributed by atoms with Crippen molar-refractivity contribution in [1.29, 1.82) is 0 Å². The summed E-state index contributed by atoms with van der Waals surface area (Å²) < 4.78 is 20.3. The van der Waals surface area contributed by atoms with Crippen LogP contribution in [0.1, 0.15) is 15.9 Å². The summed E-state index contributed by atoms with van der Waals surface area (Å²) in [5.74, 6) is 0.501. The lowest BCUT2D eigenvalue weighted by molar-refractivity contribution is -0.131. The highest BCUT2D eigenvalue weighted by Crippen LogP contribution is 2.33. The highest BCUT2D eigenvalue weighted by Gasteiger charge is 2.15. The van der Waals surface area contributed by atoms with Crippen molar-refractivity contribution >= 4 is 18.0 Å². The zero-order chi connectivity index (χ0) is 18.5. The molecule has 0 fully saturated rings. The van der Waals surface area contributed by atoms with E-state index < -0.39 is 11.9 Å². The van der Waals surface area contributed by atoms with Gasteiger partial charge in [-0.15, -0.1) is 0 Å². The van der Waals surface area contributed by atoms with Gasteiger partial charge in [0, 0.05) is 6.08 Å². The van der Waals surface area contributed by atoms with Gasteiger partial charge in [-0.1, -0.05) is 6.07 Å². The Morgan fingerprint density at radius 1 is 0.808 bits per heavy atom. The van der Waals surface area contributed by atoms with Crippen molar-refractivity contribution < 1.29 is 38.7 Å². The molecule has 0 aromatic heterocycles. The Morgan fingerprint density at radius 3 is 2.00 bits per heavy atom. The predicted molar refractivity (Wildman–Crippen MR) is 88.8 cm³/mol. The molecule has 2 heterocycles. The Bertz CT molecular complexity index is 871. The number of ether oxygens (including phenoxy) is 4. The third-order valence-corrected chi connectivity index (χ3v) is 3.43. The van der Waals surface area contributed by atoms with Crippen LogP contribution in [0.15, 0.2) is 42.5 Å². The molecular weight excluding hydrogens is 344 g/mol. The topological polar surface area (TPSA) is 112 Å². The quantitative estimate of drug-likeness (QED) is 0.806. The van der Waals surface area contributed by atoms with Crippen LogP contribution in [0.2, 0.25) is 0 Å². The smallest absolute Gasteiger partial charge is 0.335 e. The first-order valence-corrected chi connectivity index (χ1v) is 7.46. The molecule has 0 radical (unpaired) electrons. The van der Waals surface area contributed by atoms with Gasteiger partial charge in [0.2, 0.25) is 13.6 Å². The summed E-state index contributed by atoms with van der Waals surface area (Å²) in [6.45, 7) is 0.389. The molecule has 134 valence electrons. The van der Waals surface area contributed by atoms with E-state index in [4.69, 9.17) is 29.2 Å². The maximum Gasteiger partial charge on any atom is 0.335 e. The van der Waals surface area contributed by atoms with Crippen molar-refractivity contribution in [3.63, 3.8) is 0 Å². The van der Waals surface area contributed by atoms with Gasteiger partial charge in [-0.25, -0.2) is 9.59 Å². The van der Waals surface area contributed by atoms with E-state index in [0.717, 1.165) is 11.6 Å². The zero-order valence-corrected chi connectivity index (χ0v) is 13.4. The Balaban J connectivity index is 0.000000152. The van der Waals surface area contributed by atoms with Crippen LogP contribution in [0.3, 0.4) is 0 Å². The van der Waals surface area contributed by atoms with E-state index in [1.165, 1.54) is 18.2 Å². The fourth-order valence-corrected chi connectivity index (χ4v) is 2.21. The van der Waals surface area contributed by atoms with Crippen LogP contribution >= 0.6 is 0 Å². The van der Waals surface area contributed by atoms with Gasteiger partial charge in [-0.05, 0) is 42.0 Å². The maximum absolute atomic E-state index is 10.5. The van der Waals surface area contributed by atoms with Crippen molar-refractivity contribution in [3.8, 4) is 23.0 Å². The number of fused-ring (bicyclic) bond motifs is 2. The van der Waals surface area contributed by atoms with Crippen LogP contribution in [0.25, 0.3) is 6.08 Å². The largest absolute Gasteiger partial charge is 0.478 e. The van der Waals surface area contributed by atoms with Gasteiger partial charge >= 0.3 is 11.9 Å². The van der Waals surface area contributed by atoms with Crippen LogP contribution in [0, 0.1) is 0 Å². The molecule has 8 nitrogen and oxygen atoms in total. The third-order valence-electron chi connectivity index (χ3n) is 3.43. The molecule has 0 unspecified atom stereocenters. The van der Waals surface area contributed by atoms with Crippen molar-refractivity contribution in [2.24, 2.45) is 0 Å². The van der Waals surface area contributed by atoms with Crippen molar-refractivity contribution in [1.82, 2.24) is 0 Å². The molecular formula is C18H14O8. The molecule has 0 spiro atoms. The second-order valence-corrected chi connectivity index (χ2v) is 5.16. The minimum atomic E-state index is -0.970. The minimum absolute atomic E-state index is 0.165. The number of aliphatic carboxylic acids is 1. The van der Waals surface area contributed by atoms with E-state index in [0.29, 0.717) is 23.0 Å². The van der Waals surface area contributed by atoms with Gasteiger partial charge in [0.15, 0.2) is 23.0 Å². The van der Waals surface area contributed by atoms with Gasteiger partial charge in [0.25, 0.3) is 0 Å². The Hall–Kier alpha value is -3.68. The molecule has 0 amide bonds. The average molecular weight is 358 g/mol. The highest BCUT2D eigenvalue weighted by atomic mass is 16.7. The molecule has 2 aliphatic heterocycles. The van der Waals surface area contributed by atoms with Gasteiger partial charge in [0.1, 0.15) is 0 Å². The lowest BCUT2D eigenvalue weighted by Gasteiger charge is -1.96. The monoisotopic (exact) mass is 358 g/mol. The summed E-state index contributed by atoms with van der Waals surface area (Å²) in [5, 5.41) is 17.0. The van der Waals surface area contributed by atoms with Crippen LogP contribution < -0.4 is 18.9 Å². The van der Waals surface area contributed by atoms with Gasteiger partial charge < -0.3 is 29.2 Å². The van der Waals surface area contributed by atoms with E-state index >= 15 is 0 Å². The van der Waals surface area contributed by atoms with E-state index in [9.17, 15) is 9.59 Å². The van der Waals surface area contributed by atoms with Crippen LogP contribution in [-0.2, 0) is 4.79 Å². The maximum atomic E-state index is 10.5. The van der Waals surface area contributed by atoms with Gasteiger partial charge in [-0.2, -0.15) is 0 Å². The SMILES string of the molecule is O=C(O)/C=C/c1ccc2c(c1)OCO2.O=C(O)c1ccc2c(c1)OCO2. The fourth-order valence-electron chi connectivity index (χ4n) is 2.21. The van der Waals surface area contributed by atoms with E-state index in [-0.39, 0.29) is 19.1 Å². The van der Waals surface area contributed by atoms with Crippen molar-refractivity contribution in [2.45, 2.75) is 0 Å². The number of hydrogen-bond acceptors (Lipinski definition) is 6. The number of hydrogen-bond donors (Lipinski definition) is 2. The van der Waals surface area contributed by atoms with Crippen molar-refractivity contribution in [3.05, 3.63) is 53.6 Å². The first kappa shape index (κ1) is 17.2. The van der Waals surface area contributed by atoms with E-state index in [1.54, 1.807) is 24.3 Å². The van der Waals surface area contributed by atoms with E-state index in [1.807, 2.05) is 0 Å². The number of carboxylic acid groups (broad SMARTS) is 2. The summed E-state index contributed by atoms with van der Waals surface area (Å²) in [7, 11) is 0. The lowest BCUT2D eigenvalue weighted by Crippen LogP contribution is -1.95. The van der Waals surface area contributed by atoms with E-state index in [2.05, 4.69) is 0 Å². The number of aromatic carboxylic acids is 1. The third kappa shape index (κ3) is 4.04. The fraction of sp³-hybridized carbons (Fsp3) is 0.111. The molecule has 8 heteroatoms. The predicted octanol–water partition coefficient (Wildman–Crippen LogP) is 2.63. The Labute approximate surface area is 147 Å². The molecule has 26 heavy (non-hydrogen) atoms. The van der Waals surface area contributed by atoms with Crippen LogP contribution in [0.4, 0.5) is 0 Å². The lowest BCUT2D eigenvalue weighted by atomic mass is 10.2. The second kappa shape index (κ2) is 7.47. The molecule has 0 bridgehead atoms. The minimum Gasteiger partial charge on any atom is -0.478 e. The molecule has 4 rings (SSSR count). The summed E-state index contributed by atoms with van der Waals surface area (Å²) in [5.41, 5.74) is 0.982. The molecule has 2 aromatic carbocycles. The number of carboxylic acids is 2. The number of rotatable bonds is 3. The molecule has 2 aromatic rings. The second-order valence-electron chi connectivity index (χ2n) is 5.16. The average Bonchev–Trinajstić information content (AvgIpc) is 3.28. The first-order chi connectivity index (χ1) is 12.5. The standard InChI is InChI=1S/C10H8O4.C8H6O4/c11-10(12)4-2-7-1-3-8-9(5-7)14-6-13-8;9-8(10)5-1-2-6-7(3-5)12-4-11-6/h1-5H,6H2,(H,11,12);1-3H,4H2,(H,9,10)/b4-2+;. The zero-order valence-electron chi connectivity index (χ0n) is 13.4. The number of carbonyl (C=O) groups is 2. The Kier molecular flexibility index (Phi) is 4.93. The van der Waals surface area contributed by atoms with Crippen LogP contribution in [0.5, 0.6) is 23.0 Å². The van der Waals surface area contributed by atoms with Gasteiger partial charge in [0.05, 0.1) is 5.56 Å². The first-order valence-electron chi connectivity index (χ1n) is 7.46. The van der Waals surface area contributed by atoms with Crippen LogP contribution in [-0.4, -0.2) is 35.7 Å². The highest BCUT2D eigenvalue weighted by molar-refractivity contribution is 5.88. The molecule has 0 saturated carbocycles. The summed E-state index contributed by atoms with van der Waals surface area (Å²) in [4.78, 5) is 20.8. The van der Waals surface area contributed by atoms with Gasteiger partial charge in [-0.3, -0.25) is 0 Å². The normalized spacial score (nSPS) is 13.2. The summed E-state index contributed by atoms with van der Waals surface area (Å²) in [6.07, 6.45) is 2.59. The molecule has 0 saturated heterocycles. The molecule has 2 N–H and O–H groups in total. The molecule has 0 aliphatic carbocycles. The Morgan fingerprint density at radius 2 is 1.38 bits per heavy atom. The summed E-state index contributed by atoms with van der Waals surface area (Å²) >= 11 is 0.